The van der Waals surface area contributed by atoms with Crippen LogP contribution in [0.2, 0.25) is 0 Å². The van der Waals surface area contributed by atoms with Crippen molar-refractivity contribution in [1.29, 1.82) is 0 Å². The zero-order valence-corrected chi connectivity index (χ0v) is 22.3. The van der Waals surface area contributed by atoms with E-state index in [0.29, 0.717) is 24.5 Å². The predicted molar refractivity (Wildman–Crippen MR) is 150 cm³/mol. The molecule has 2 heterocycles. The van der Waals surface area contributed by atoms with Crippen LogP contribution < -0.4 is 24.6 Å². The molecule has 0 radical (unpaired) electrons. The van der Waals surface area contributed by atoms with Crippen LogP contribution in [0.15, 0.2) is 66.9 Å². The van der Waals surface area contributed by atoms with Gasteiger partial charge in [0.05, 0.1) is 18.4 Å². The molecule has 0 spiro atoms. The number of rotatable bonds is 11. The molecule has 202 valence electrons. The topological polar surface area (TPSA) is 90.4 Å². The van der Waals surface area contributed by atoms with Crippen molar-refractivity contribution >= 4 is 17.3 Å². The highest BCUT2D eigenvalue weighted by molar-refractivity contribution is 5.96. The van der Waals surface area contributed by atoms with E-state index in [1.54, 1.807) is 18.3 Å². The largest absolute Gasteiger partial charge is 0.492 e. The molecule has 0 bridgehead atoms. The van der Waals surface area contributed by atoms with E-state index >= 15 is 0 Å². The number of β-amino-alcohol motifs (C(OH)–C–C–N with tert-alkyl or cyclic N) is 1. The zero-order chi connectivity index (χ0) is 26.9. The van der Waals surface area contributed by atoms with E-state index in [4.69, 9.17) is 9.47 Å². The highest BCUT2D eigenvalue weighted by Crippen LogP contribution is 2.29. The molecule has 3 aromatic rings. The van der Waals surface area contributed by atoms with Crippen molar-refractivity contribution in [1.82, 2.24) is 15.2 Å². The maximum absolute atomic E-state index is 12.9. The van der Waals surface area contributed by atoms with Crippen LogP contribution in [0.5, 0.6) is 17.4 Å². The Balaban J connectivity index is 1.27. The monoisotopic (exact) mass is 519 g/mol. The summed E-state index contributed by atoms with van der Waals surface area (Å²) in [6.07, 6.45) is 0.891. The van der Waals surface area contributed by atoms with Gasteiger partial charge in [-0.2, -0.15) is 0 Å². The molecule has 1 atom stereocenters. The van der Waals surface area contributed by atoms with Gasteiger partial charge in [-0.25, -0.2) is 4.98 Å². The van der Waals surface area contributed by atoms with Crippen LogP contribution in [0, 0.1) is 0 Å². The fourth-order valence-corrected chi connectivity index (χ4v) is 4.42. The van der Waals surface area contributed by atoms with E-state index in [-0.39, 0.29) is 18.3 Å². The number of carbonyl (C=O) groups excluding carboxylic acids is 1. The van der Waals surface area contributed by atoms with Crippen molar-refractivity contribution in [3.05, 3.63) is 72.4 Å². The number of amides is 1. The van der Waals surface area contributed by atoms with Crippen LogP contribution in [0.1, 0.15) is 17.3 Å². The van der Waals surface area contributed by atoms with Gasteiger partial charge in [-0.15, -0.1) is 0 Å². The van der Waals surface area contributed by atoms with E-state index in [1.165, 1.54) is 0 Å². The molecule has 1 aromatic heterocycles. The molecule has 1 amide bonds. The Labute approximate surface area is 224 Å². The molecule has 38 heavy (non-hydrogen) atoms. The number of nitrogens with one attached hydrogen (secondary N) is 1. The second-order valence-corrected chi connectivity index (χ2v) is 9.40. The van der Waals surface area contributed by atoms with Gasteiger partial charge in [-0.1, -0.05) is 18.2 Å². The molecule has 1 aliphatic rings. The average Bonchev–Trinajstić information content (AvgIpc) is 2.93. The van der Waals surface area contributed by atoms with Gasteiger partial charge in [-0.3, -0.25) is 9.69 Å². The molecular weight excluding hydrogens is 482 g/mol. The Kier molecular flexibility index (Phi) is 9.40. The highest BCUT2D eigenvalue weighted by atomic mass is 16.5. The maximum atomic E-state index is 12.9. The number of hydrogen-bond acceptors (Lipinski definition) is 8. The predicted octanol–water partition coefficient (Wildman–Crippen LogP) is 3.25. The summed E-state index contributed by atoms with van der Waals surface area (Å²) in [4.78, 5) is 23.7. The molecule has 2 aromatic carbocycles. The molecule has 2 N–H and O–H groups in total. The number of anilines is 2. The minimum Gasteiger partial charge on any atom is -0.492 e. The van der Waals surface area contributed by atoms with Crippen LogP contribution in [0.3, 0.4) is 0 Å². The standard InChI is InChI=1S/C29H37N5O4/c1-4-37-27-13-6-5-12-26(27)34-17-15-33(16-18-34)21-23(35)20-31-28(36)25-11-8-14-30-29(25)38-24-10-7-9-22(19-24)32(2)3/h5-14,19,23,35H,4,15-18,20-21H2,1-3H3,(H,31,36). The average molecular weight is 520 g/mol. The smallest absolute Gasteiger partial charge is 0.256 e. The van der Waals surface area contributed by atoms with Crippen molar-refractivity contribution in [3.8, 4) is 17.4 Å². The van der Waals surface area contributed by atoms with Gasteiger partial charge in [0.15, 0.2) is 0 Å². The first-order chi connectivity index (χ1) is 18.4. The van der Waals surface area contributed by atoms with Crippen molar-refractivity contribution in [2.45, 2.75) is 13.0 Å². The van der Waals surface area contributed by atoms with E-state index in [1.807, 2.05) is 68.4 Å². The summed E-state index contributed by atoms with van der Waals surface area (Å²) in [5.74, 6) is 1.37. The van der Waals surface area contributed by atoms with Gasteiger partial charge in [0, 0.05) is 71.3 Å². The molecule has 4 rings (SSSR count). The van der Waals surface area contributed by atoms with Crippen molar-refractivity contribution in [3.63, 3.8) is 0 Å². The third-order valence-electron chi connectivity index (χ3n) is 6.41. The summed E-state index contributed by atoms with van der Waals surface area (Å²) >= 11 is 0. The SMILES string of the molecule is CCOc1ccccc1N1CCN(CC(O)CNC(=O)c2cccnc2Oc2cccc(N(C)C)c2)CC1. The first kappa shape index (κ1) is 27.2. The first-order valence-corrected chi connectivity index (χ1v) is 13.0. The summed E-state index contributed by atoms with van der Waals surface area (Å²) in [6.45, 7) is 6.55. The van der Waals surface area contributed by atoms with Gasteiger partial charge >= 0.3 is 0 Å². The minimum atomic E-state index is -0.695. The quantitative estimate of drug-likeness (QED) is 0.399. The lowest BCUT2D eigenvalue weighted by atomic mass is 10.2. The van der Waals surface area contributed by atoms with Crippen molar-refractivity contribution in [2.75, 3.05) is 69.8 Å². The lowest BCUT2D eigenvalue weighted by Gasteiger charge is -2.37. The number of ether oxygens (including phenoxy) is 2. The fourth-order valence-electron chi connectivity index (χ4n) is 4.42. The van der Waals surface area contributed by atoms with Crippen LogP contribution in [0.4, 0.5) is 11.4 Å². The summed E-state index contributed by atoms with van der Waals surface area (Å²) in [7, 11) is 3.90. The van der Waals surface area contributed by atoms with Crippen LogP contribution in [0.25, 0.3) is 0 Å². The number of para-hydroxylation sites is 2. The number of pyridine rings is 1. The molecule has 1 fully saturated rings. The number of aromatic nitrogens is 1. The van der Waals surface area contributed by atoms with Crippen LogP contribution >= 0.6 is 0 Å². The second kappa shape index (κ2) is 13.1. The molecular formula is C29H37N5O4. The Morgan fingerprint density at radius 1 is 1.08 bits per heavy atom. The lowest BCUT2D eigenvalue weighted by molar-refractivity contribution is 0.0849. The molecule has 9 nitrogen and oxygen atoms in total. The van der Waals surface area contributed by atoms with Crippen molar-refractivity contribution < 1.29 is 19.4 Å². The second-order valence-electron chi connectivity index (χ2n) is 9.40. The van der Waals surface area contributed by atoms with E-state index < -0.39 is 6.10 Å². The number of piperazine rings is 1. The van der Waals surface area contributed by atoms with Gasteiger partial charge in [0.2, 0.25) is 5.88 Å². The molecule has 1 saturated heterocycles. The van der Waals surface area contributed by atoms with E-state index in [2.05, 4.69) is 26.2 Å². The number of aliphatic hydroxyl groups is 1. The fraction of sp³-hybridized carbons (Fsp3) is 0.379. The Morgan fingerprint density at radius 2 is 1.87 bits per heavy atom. The zero-order valence-electron chi connectivity index (χ0n) is 22.3. The summed E-state index contributed by atoms with van der Waals surface area (Å²) < 4.78 is 11.7. The highest BCUT2D eigenvalue weighted by Gasteiger charge is 2.22. The number of benzene rings is 2. The lowest BCUT2D eigenvalue weighted by Crippen LogP contribution is -2.50. The molecule has 0 aliphatic carbocycles. The van der Waals surface area contributed by atoms with E-state index in [9.17, 15) is 9.90 Å². The Bertz CT molecular complexity index is 1200. The Hall–Kier alpha value is -3.82. The van der Waals surface area contributed by atoms with Crippen molar-refractivity contribution in [2.24, 2.45) is 0 Å². The summed E-state index contributed by atoms with van der Waals surface area (Å²) in [5, 5.41) is 13.5. The molecule has 0 saturated carbocycles. The number of nitrogens with zero attached hydrogens (tertiary/aromatic N) is 4. The van der Waals surface area contributed by atoms with Gasteiger partial charge < -0.3 is 29.7 Å². The maximum Gasteiger partial charge on any atom is 0.256 e. The number of hydrogen-bond donors (Lipinski definition) is 2. The third kappa shape index (κ3) is 7.14. The van der Waals surface area contributed by atoms with Gasteiger partial charge in [0.25, 0.3) is 5.91 Å². The normalized spacial score (nSPS) is 14.6. The molecule has 1 unspecified atom stereocenters. The Morgan fingerprint density at radius 3 is 2.63 bits per heavy atom. The van der Waals surface area contributed by atoms with Gasteiger partial charge in [0.1, 0.15) is 17.1 Å². The summed E-state index contributed by atoms with van der Waals surface area (Å²) in [5.41, 5.74) is 2.40. The number of aliphatic hydroxyl groups excluding tert-OH is 1. The van der Waals surface area contributed by atoms with Crippen LogP contribution in [-0.2, 0) is 0 Å². The summed E-state index contributed by atoms with van der Waals surface area (Å²) in [6, 6.07) is 19.0. The van der Waals surface area contributed by atoms with Gasteiger partial charge in [-0.05, 0) is 43.3 Å². The molecule has 1 aliphatic heterocycles. The van der Waals surface area contributed by atoms with Crippen LogP contribution in [-0.4, -0.2) is 87.0 Å². The van der Waals surface area contributed by atoms with E-state index in [0.717, 1.165) is 43.3 Å². The minimum absolute atomic E-state index is 0.136. The third-order valence-corrected chi connectivity index (χ3v) is 6.41. The number of carbonyl (C=O) groups is 1. The first-order valence-electron chi connectivity index (χ1n) is 13.0. The molecule has 9 heteroatoms.